The maximum Gasteiger partial charge on any atom is 0.294 e. The second-order valence-electron chi connectivity index (χ2n) is 6.89. The zero-order valence-corrected chi connectivity index (χ0v) is 18.2. The minimum absolute atomic E-state index is 0.162. The van der Waals surface area contributed by atoms with Crippen molar-refractivity contribution in [1.82, 2.24) is 4.98 Å². The Hall–Kier alpha value is -3.77. The molecular formula is C25H21ClN2O4. The van der Waals surface area contributed by atoms with Gasteiger partial charge in [0.25, 0.3) is 5.91 Å². The number of anilines is 1. The number of para-hydroxylation sites is 2. The third-order valence-corrected chi connectivity index (χ3v) is 4.99. The Bertz CT molecular complexity index is 1180. The molecule has 4 rings (SSSR count). The molecule has 0 spiro atoms. The minimum atomic E-state index is -0.290. The molecule has 0 unspecified atom stereocenters. The number of pyridine rings is 1. The molecule has 162 valence electrons. The summed E-state index contributed by atoms with van der Waals surface area (Å²) in [7, 11) is 1.58. The number of hydrogen-bond donors (Lipinski definition) is 0. The van der Waals surface area contributed by atoms with Gasteiger partial charge in [-0.15, -0.1) is 0 Å². The third kappa shape index (κ3) is 5.10. The fourth-order valence-electron chi connectivity index (χ4n) is 3.15. The van der Waals surface area contributed by atoms with Gasteiger partial charge in [0.05, 0.1) is 19.3 Å². The van der Waals surface area contributed by atoms with Gasteiger partial charge < -0.3 is 13.9 Å². The summed E-state index contributed by atoms with van der Waals surface area (Å²) in [5.41, 5.74) is 1.44. The molecule has 0 radical (unpaired) electrons. The highest BCUT2D eigenvalue weighted by atomic mass is 35.5. The van der Waals surface area contributed by atoms with Crippen molar-refractivity contribution in [2.75, 3.05) is 12.0 Å². The van der Waals surface area contributed by atoms with E-state index in [9.17, 15) is 4.79 Å². The zero-order chi connectivity index (χ0) is 22.3. The number of carbonyl (C=O) groups is 1. The number of ether oxygens (including phenoxy) is 2. The summed E-state index contributed by atoms with van der Waals surface area (Å²) in [4.78, 5) is 19.3. The monoisotopic (exact) mass is 448 g/mol. The summed E-state index contributed by atoms with van der Waals surface area (Å²) < 4.78 is 16.9. The van der Waals surface area contributed by atoms with Crippen molar-refractivity contribution >= 4 is 23.2 Å². The van der Waals surface area contributed by atoms with E-state index < -0.39 is 0 Å². The maximum absolute atomic E-state index is 13.3. The van der Waals surface area contributed by atoms with Crippen molar-refractivity contribution in [3.05, 3.63) is 107 Å². The van der Waals surface area contributed by atoms with Gasteiger partial charge >= 0.3 is 0 Å². The summed E-state index contributed by atoms with van der Waals surface area (Å²) in [6.07, 6.45) is 1.69. The van der Waals surface area contributed by atoms with Crippen molar-refractivity contribution in [2.24, 2.45) is 0 Å². The number of methoxy groups -OCH3 is 1. The molecule has 2 heterocycles. The number of aromatic nitrogens is 1. The molecule has 0 aliphatic carbocycles. The number of benzene rings is 2. The molecule has 0 aliphatic rings. The lowest BCUT2D eigenvalue weighted by Gasteiger charge is -2.21. The highest BCUT2D eigenvalue weighted by molar-refractivity contribution is 6.30. The fraction of sp³-hybridized carbons (Fsp3) is 0.120. The number of furan rings is 1. The van der Waals surface area contributed by atoms with Crippen molar-refractivity contribution in [3.63, 3.8) is 0 Å². The first-order chi connectivity index (χ1) is 15.6. The van der Waals surface area contributed by atoms with Gasteiger partial charge in [0.1, 0.15) is 12.4 Å². The minimum Gasteiger partial charge on any atom is -0.493 e. The molecule has 0 atom stereocenters. The summed E-state index contributed by atoms with van der Waals surface area (Å²) in [5.74, 6) is 1.65. The van der Waals surface area contributed by atoms with Gasteiger partial charge in [0.2, 0.25) is 0 Å². The quantitative estimate of drug-likeness (QED) is 0.342. The molecule has 0 N–H and O–H groups in total. The van der Waals surface area contributed by atoms with Crippen LogP contribution < -0.4 is 14.4 Å². The number of amides is 1. The Morgan fingerprint density at radius 1 is 0.969 bits per heavy atom. The molecule has 7 heteroatoms. The number of carbonyl (C=O) groups excluding carboxylic acids is 1. The highest BCUT2D eigenvalue weighted by Crippen LogP contribution is 2.27. The van der Waals surface area contributed by atoms with Crippen LogP contribution >= 0.6 is 11.6 Å². The molecule has 0 saturated carbocycles. The summed E-state index contributed by atoms with van der Waals surface area (Å²) in [5, 5.41) is 0.591. The lowest BCUT2D eigenvalue weighted by molar-refractivity contribution is 0.0954. The zero-order valence-electron chi connectivity index (χ0n) is 17.4. The molecule has 6 nitrogen and oxygen atoms in total. The highest BCUT2D eigenvalue weighted by Gasteiger charge is 2.22. The van der Waals surface area contributed by atoms with Crippen LogP contribution in [0, 0.1) is 0 Å². The van der Waals surface area contributed by atoms with Crippen molar-refractivity contribution in [2.45, 2.75) is 13.2 Å². The molecule has 0 saturated heterocycles. The van der Waals surface area contributed by atoms with Gasteiger partial charge in [-0.25, -0.2) is 0 Å². The van der Waals surface area contributed by atoms with E-state index in [4.69, 9.17) is 25.5 Å². The standard InChI is InChI=1S/C25H21ClN2O4/c1-30-22-7-2-3-8-23(22)31-17-21-13-14-24(32-21)25(29)28(16-19-6-4-5-15-27-19)20-11-9-18(26)10-12-20/h2-15H,16-17H2,1H3. The molecular weight excluding hydrogens is 428 g/mol. The molecule has 2 aromatic carbocycles. The average Bonchev–Trinajstić information content (AvgIpc) is 3.31. The van der Waals surface area contributed by atoms with Crippen LogP contribution in [0.1, 0.15) is 22.0 Å². The predicted molar refractivity (Wildman–Crippen MR) is 122 cm³/mol. The Labute approximate surface area is 191 Å². The molecule has 0 fully saturated rings. The van der Waals surface area contributed by atoms with Crippen LogP contribution in [0.5, 0.6) is 11.5 Å². The van der Waals surface area contributed by atoms with E-state index in [1.54, 1.807) is 54.6 Å². The summed E-state index contributed by atoms with van der Waals surface area (Å²) in [6.45, 7) is 0.448. The molecule has 0 bridgehead atoms. The van der Waals surface area contributed by atoms with E-state index in [0.717, 1.165) is 5.69 Å². The van der Waals surface area contributed by atoms with Crippen LogP contribution in [0.4, 0.5) is 5.69 Å². The van der Waals surface area contributed by atoms with Crippen LogP contribution in [-0.2, 0) is 13.2 Å². The Morgan fingerprint density at radius 2 is 1.72 bits per heavy atom. The maximum atomic E-state index is 13.3. The first-order valence-electron chi connectivity index (χ1n) is 9.96. The van der Waals surface area contributed by atoms with Gasteiger partial charge in [-0.2, -0.15) is 0 Å². The Morgan fingerprint density at radius 3 is 2.44 bits per heavy atom. The molecule has 0 aliphatic heterocycles. The van der Waals surface area contributed by atoms with Crippen LogP contribution in [0.3, 0.4) is 0 Å². The van der Waals surface area contributed by atoms with Crippen LogP contribution in [-0.4, -0.2) is 18.0 Å². The van der Waals surface area contributed by atoms with E-state index in [0.29, 0.717) is 28.0 Å². The lowest BCUT2D eigenvalue weighted by Crippen LogP contribution is -2.30. The van der Waals surface area contributed by atoms with E-state index in [2.05, 4.69) is 4.98 Å². The molecule has 4 aromatic rings. The number of hydrogen-bond acceptors (Lipinski definition) is 5. The van der Waals surface area contributed by atoms with Crippen LogP contribution in [0.15, 0.2) is 89.5 Å². The number of nitrogens with zero attached hydrogens (tertiary/aromatic N) is 2. The molecule has 1 amide bonds. The lowest BCUT2D eigenvalue weighted by atomic mass is 10.2. The van der Waals surface area contributed by atoms with Crippen LogP contribution in [0.2, 0.25) is 5.02 Å². The van der Waals surface area contributed by atoms with Gasteiger partial charge in [0, 0.05) is 16.9 Å². The van der Waals surface area contributed by atoms with Crippen molar-refractivity contribution in [1.29, 1.82) is 0 Å². The van der Waals surface area contributed by atoms with Gasteiger partial charge in [-0.3, -0.25) is 14.7 Å². The van der Waals surface area contributed by atoms with Gasteiger partial charge in [-0.1, -0.05) is 29.8 Å². The van der Waals surface area contributed by atoms with E-state index in [-0.39, 0.29) is 24.8 Å². The smallest absolute Gasteiger partial charge is 0.294 e. The first kappa shape index (κ1) is 21.5. The van der Waals surface area contributed by atoms with Gasteiger partial charge in [-0.05, 0) is 60.7 Å². The average molecular weight is 449 g/mol. The predicted octanol–water partition coefficient (Wildman–Crippen LogP) is 5.76. The third-order valence-electron chi connectivity index (χ3n) is 4.74. The second-order valence-corrected chi connectivity index (χ2v) is 7.33. The van der Waals surface area contributed by atoms with Gasteiger partial charge in [0.15, 0.2) is 17.3 Å². The second kappa shape index (κ2) is 10.0. The topological polar surface area (TPSA) is 64.8 Å². The normalized spacial score (nSPS) is 10.6. The number of rotatable bonds is 8. The van der Waals surface area contributed by atoms with E-state index >= 15 is 0 Å². The van der Waals surface area contributed by atoms with Crippen molar-refractivity contribution < 1.29 is 18.7 Å². The first-order valence-corrected chi connectivity index (χ1v) is 10.3. The van der Waals surface area contributed by atoms with E-state index in [1.807, 2.05) is 42.5 Å². The van der Waals surface area contributed by atoms with Crippen molar-refractivity contribution in [3.8, 4) is 11.5 Å². The number of halogens is 1. The fourth-order valence-corrected chi connectivity index (χ4v) is 3.27. The molecule has 32 heavy (non-hydrogen) atoms. The summed E-state index contributed by atoms with van der Waals surface area (Å²) in [6, 6.07) is 23.4. The molecule has 2 aromatic heterocycles. The Kier molecular flexibility index (Phi) is 6.72. The SMILES string of the molecule is COc1ccccc1OCc1ccc(C(=O)N(Cc2ccccn2)c2ccc(Cl)cc2)o1. The largest absolute Gasteiger partial charge is 0.493 e. The summed E-state index contributed by atoms with van der Waals surface area (Å²) >= 11 is 6.03. The van der Waals surface area contributed by atoms with Crippen LogP contribution in [0.25, 0.3) is 0 Å². The van der Waals surface area contributed by atoms with E-state index in [1.165, 1.54) is 0 Å². The Balaban J connectivity index is 1.53.